The van der Waals surface area contributed by atoms with E-state index in [0.29, 0.717) is 0 Å². The highest BCUT2D eigenvalue weighted by Crippen LogP contribution is 2.41. The summed E-state index contributed by atoms with van der Waals surface area (Å²) in [5, 5.41) is 2.86. The highest BCUT2D eigenvalue weighted by Gasteiger charge is 2.23. The van der Waals surface area contributed by atoms with Crippen LogP contribution in [0.15, 0.2) is 36.4 Å². The van der Waals surface area contributed by atoms with Crippen molar-refractivity contribution in [1.82, 2.24) is 0 Å². The Hall–Kier alpha value is -1.30. The fourth-order valence-corrected chi connectivity index (χ4v) is 3.09. The zero-order chi connectivity index (χ0) is 11.1. The fraction of sp³-hybridized carbons (Fsp3) is 0.375. The summed E-state index contributed by atoms with van der Waals surface area (Å²) in [6.07, 6.45) is 2.68. The summed E-state index contributed by atoms with van der Waals surface area (Å²) in [5.74, 6) is 1.45. The quantitative estimate of drug-likeness (QED) is 0.583. The van der Waals surface area contributed by atoms with Gasteiger partial charge in [0.25, 0.3) is 0 Å². The van der Waals surface area contributed by atoms with Gasteiger partial charge >= 0.3 is 0 Å². The van der Waals surface area contributed by atoms with Crippen molar-refractivity contribution in [3.63, 3.8) is 0 Å². The first kappa shape index (κ1) is 9.89. The largest absolute Gasteiger partial charge is 0.0616 e. The molecular weight excluding hydrogens is 192 g/mol. The van der Waals surface area contributed by atoms with Crippen LogP contribution in [-0.4, -0.2) is 0 Å². The molecule has 0 amide bonds. The van der Waals surface area contributed by atoms with Crippen LogP contribution in [0.5, 0.6) is 0 Å². The molecule has 0 radical (unpaired) electrons. The van der Waals surface area contributed by atoms with Crippen LogP contribution in [0.2, 0.25) is 0 Å². The zero-order valence-electron chi connectivity index (χ0n) is 10.0. The van der Waals surface area contributed by atoms with E-state index in [4.69, 9.17) is 0 Å². The molecule has 3 rings (SSSR count). The normalized spacial score (nSPS) is 24.4. The minimum Gasteiger partial charge on any atom is -0.0616 e. The van der Waals surface area contributed by atoms with Crippen LogP contribution in [-0.2, 0) is 0 Å². The van der Waals surface area contributed by atoms with Gasteiger partial charge in [0.05, 0.1) is 0 Å². The van der Waals surface area contributed by atoms with E-state index in [2.05, 4.69) is 50.2 Å². The molecule has 0 N–H and O–H groups in total. The third kappa shape index (κ3) is 1.36. The maximum Gasteiger partial charge on any atom is -0.0146 e. The Labute approximate surface area is 97.3 Å². The lowest BCUT2D eigenvalue weighted by atomic mass is 9.76. The average molecular weight is 210 g/mol. The Morgan fingerprint density at radius 1 is 0.875 bits per heavy atom. The third-order valence-electron chi connectivity index (χ3n) is 4.06. The molecule has 0 aliphatic heterocycles. The lowest BCUT2D eigenvalue weighted by Crippen LogP contribution is -2.11. The summed E-state index contributed by atoms with van der Waals surface area (Å²) in [6, 6.07) is 13.4. The molecule has 0 nitrogen and oxygen atoms in total. The van der Waals surface area contributed by atoms with E-state index in [1.54, 1.807) is 11.1 Å². The van der Waals surface area contributed by atoms with Crippen molar-refractivity contribution in [3.05, 3.63) is 47.5 Å². The summed E-state index contributed by atoms with van der Waals surface area (Å²) < 4.78 is 0. The van der Waals surface area contributed by atoms with Gasteiger partial charge in [0.2, 0.25) is 0 Å². The molecule has 0 fully saturated rings. The number of benzene rings is 2. The summed E-state index contributed by atoms with van der Waals surface area (Å²) in [5.41, 5.74) is 3.19. The second kappa shape index (κ2) is 3.62. The maximum atomic E-state index is 2.37. The molecule has 0 unspecified atom stereocenters. The fourth-order valence-electron chi connectivity index (χ4n) is 3.09. The van der Waals surface area contributed by atoms with Crippen LogP contribution in [0.4, 0.5) is 0 Å². The predicted molar refractivity (Wildman–Crippen MR) is 70.0 cm³/mol. The van der Waals surface area contributed by atoms with Crippen LogP contribution >= 0.6 is 0 Å². The molecule has 82 valence electrons. The number of hydrogen-bond donors (Lipinski definition) is 0. The van der Waals surface area contributed by atoms with Gasteiger partial charge in [0.15, 0.2) is 0 Å². The summed E-state index contributed by atoms with van der Waals surface area (Å²) >= 11 is 0. The van der Waals surface area contributed by atoms with Gasteiger partial charge in [-0.05, 0) is 46.6 Å². The van der Waals surface area contributed by atoms with Crippen molar-refractivity contribution >= 4 is 10.8 Å². The Morgan fingerprint density at radius 3 is 2.50 bits per heavy atom. The number of hydrogen-bond acceptors (Lipinski definition) is 0. The average Bonchev–Trinajstić information content (AvgIpc) is 2.33. The Bertz CT molecular complexity index is 525. The molecule has 0 bridgehead atoms. The molecule has 0 saturated heterocycles. The van der Waals surface area contributed by atoms with Gasteiger partial charge in [-0.15, -0.1) is 0 Å². The SMILES string of the molecule is C[C@@H]1CC[C@H](C)c2c1ccc1ccccc21. The summed E-state index contributed by atoms with van der Waals surface area (Å²) in [4.78, 5) is 0. The molecule has 0 aromatic heterocycles. The highest BCUT2D eigenvalue weighted by molar-refractivity contribution is 5.87. The lowest BCUT2D eigenvalue weighted by molar-refractivity contribution is 0.531. The third-order valence-corrected chi connectivity index (χ3v) is 4.06. The molecule has 0 saturated carbocycles. The van der Waals surface area contributed by atoms with E-state index in [1.807, 2.05) is 0 Å². The molecule has 1 aliphatic carbocycles. The summed E-state index contributed by atoms with van der Waals surface area (Å²) in [7, 11) is 0. The minimum atomic E-state index is 0.720. The van der Waals surface area contributed by atoms with Crippen molar-refractivity contribution < 1.29 is 0 Å². The topological polar surface area (TPSA) is 0 Å². The van der Waals surface area contributed by atoms with Gasteiger partial charge in [-0.1, -0.05) is 50.2 Å². The minimum absolute atomic E-state index is 0.720. The molecule has 0 heteroatoms. The molecule has 1 aliphatic rings. The number of fused-ring (bicyclic) bond motifs is 3. The summed E-state index contributed by atoms with van der Waals surface area (Å²) in [6.45, 7) is 4.73. The molecular formula is C16H18. The van der Waals surface area contributed by atoms with Gasteiger partial charge in [0, 0.05) is 0 Å². The van der Waals surface area contributed by atoms with Gasteiger partial charge in [0.1, 0.15) is 0 Å². The first-order valence-electron chi connectivity index (χ1n) is 6.29. The number of rotatable bonds is 0. The van der Waals surface area contributed by atoms with Gasteiger partial charge in [-0.2, -0.15) is 0 Å². The van der Waals surface area contributed by atoms with Crippen molar-refractivity contribution in [1.29, 1.82) is 0 Å². The maximum absolute atomic E-state index is 2.37. The smallest absolute Gasteiger partial charge is 0.0146 e. The van der Waals surface area contributed by atoms with Crippen LogP contribution in [0.3, 0.4) is 0 Å². The standard InChI is InChI=1S/C16H18/c1-11-7-8-12(2)16-14(11)10-9-13-5-3-4-6-15(13)16/h3-6,9-12H,7-8H2,1-2H3/t11-,12+/m1/s1. The first-order chi connectivity index (χ1) is 7.77. The zero-order valence-corrected chi connectivity index (χ0v) is 10.0. The van der Waals surface area contributed by atoms with Gasteiger partial charge in [-0.25, -0.2) is 0 Å². The molecule has 16 heavy (non-hydrogen) atoms. The monoisotopic (exact) mass is 210 g/mol. The lowest BCUT2D eigenvalue weighted by Gasteiger charge is -2.29. The van der Waals surface area contributed by atoms with E-state index in [0.717, 1.165) is 11.8 Å². The van der Waals surface area contributed by atoms with Crippen LogP contribution in [0.1, 0.15) is 49.7 Å². The molecule has 2 aromatic rings. The Kier molecular flexibility index (Phi) is 2.24. The van der Waals surface area contributed by atoms with Gasteiger partial charge < -0.3 is 0 Å². The van der Waals surface area contributed by atoms with E-state index in [-0.39, 0.29) is 0 Å². The van der Waals surface area contributed by atoms with Crippen molar-refractivity contribution in [2.75, 3.05) is 0 Å². The van der Waals surface area contributed by atoms with Crippen molar-refractivity contribution in [2.45, 2.75) is 38.5 Å². The predicted octanol–water partition coefficient (Wildman–Crippen LogP) is 4.84. The second-order valence-electron chi connectivity index (χ2n) is 5.17. The Balaban J connectivity index is 2.35. The van der Waals surface area contributed by atoms with Crippen molar-refractivity contribution in [3.8, 4) is 0 Å². The first-order valence-corrected chi connectivity index (χ1v) is 6.29. The molecule has 2 aromatic carbocycles. The van der Waals surface area contributed by atoms with E-state index in [1.165, 1.54) is 23.6 Å². The van der Waals surface area contributed by atoms with Crippen molar-refractivity contribution in [2.24, 2.45) is 0 Å². The molecule has 0 spiro atoms. The van der Waals surface area contributed by atoms with E-state index >= 15 is 0 Å². The Morgan fingerprint density at radius 2 is 1.62 bits per heavy atom. The van der Waals surface area contributed by atoms with E-state index < -0.39 is 0 Å². The van der Waals surface area contributed by atoms with Gasteiger partial charge in [-0.3, -0.25) is 0 Å². The van der Waals surface area contributed by atoms with Crippen LogP contribution in [0, 0.1) is 0 Å². The van der Waals surface area contributed by atoms with E-state index in [9.17, 15) is 0 Å². The molecule has 2 atom stereocenters. The molecule has 0 heterocycles. The second-order valence-corrected chi connectivity index (χ2v) is 5.17. The van der Waals surface area contributed by atoms with Crippen LogP contribution in [0.25, 0.3) is 10.8 Å². The highest BCUT2D eigenvalue weighted by atomic mass is 14.3. The van der Waals surface area contributed by atoms with Crippen LogP contribution < -0.4 is 0 Å².